The van der Waals surface area contributed by atoms with Crippen molar-refractivity contribution in [3.8, 4) is 0 Å². The summed E-state index contributed by atoms with van der Waals surface area (Å²) in [4.78, 5) is 0. The summed E-state index contributed by atoms with van der Waals surface area (Å²) in [7, 11) is 0. The van der Waals surface area contributed by atoms with Crippen LogP contribution in [0.3, 0.4) is 0 Å². The molecule has 0 aromatic rings. The number of allylic oxidation sites excluding steroid dienone is 9. The van der Waals surface area contributed by atoms with Gasteiger partial charge in [0, 0.05) is 0 Å². The molecule has 0 aromatic carbocycles. The average molecular weight is 421 g/mol. The molecule has 0 radical (unpaired) electrons. The first-order chi connectivity index (χ1) is 14.2. The second-order valence-corrected chi connectivity index (χ2v) is 6.57. The van der Waals surface area contributed by atoms with Gasteiger partial charge in [0.05, 0.1) is 0 Å². The van der Waals surface area contributed by atoms with Crippen LogP contribution in [0.2, 0.25) is 0 Å². The second kappa shape index (κ2) is 41.7. The summed E-state index contributed by atoms with van der Waals surface area (Å²) < 4.78 is 0. The van der Waals surface area contributed by atoms with Crippen molar-refractivity contribution in [2.75, 3.05) is 0 Å². The summed E-state index contributed by atoms with van der Waals surface area (Å²) >= 11 is 0. The highest BCUT2D eigenvalue weighted by Crippen LogP contribution is 2.10. The van der Waals surface area contributed by atoms with Gasteiger partial charge >= 0.3 is 0 Å². The van der Waals surface area contributed by atoms with E-state index in [9.17, 15) is 0 Å². The summed E-state index contributed by atoms with van der Waals surface area (Å²) in [5.41, 5.74) is 5.21. The molecule has 0 rings (SSSR count). The largest absolute Gasteiger partial charge is 0.103 e. The Bertz CT molecular complexity index is 419. The standard InChI is InChI=1S/C13H20.C7H14.C4H8.3C2H6/c1-6-8-12(5)9-10-13(7-2)11(3)4;1-4-6-7(3)5-2;1-4(2)3;3*1-2/h6,8-10H,1,7H2,2-5H3;5,7H,2,4,6H2,1,3H3;1H2,2-3H3;3*1-2H3/b10-9+,12-8+;;;;;. The number of hydrogen-bond donors (Lipinski definition) is 0. The summed E-state index contributed by atoms with van der Waals surface area (Å²) in [6.45, 7) is 39.8. The van der Waals surface area contributed by atoms with E-state index >= 15 is 0 Å². The molecule has 0 amide bonds. The number of hydrogen-bond acceptors (Lipinski definition) is 0. The SMILES string of the molecule is C=C(C)C.C=C/C=C(C)/C=C/C(CC)=C(C)C.C=CC(C)CCC.CC.CC.CC. The van der Waals surface area contributed by atoms with E-state index in [1.165, 1.54) is 35.1 Å². The molecular formula is C30H60. The molecule has 0 N–H and O–H groups in total. The first-order valence-corrected chi connectivity index (χ1v) is 12.0. The van der Waals surface area contributed by atoms with Gasteiger partial charge in [-0.1, -0.05) is 122 Å². The Morgan fingerprint density at radius 3 is 1.40 bits per heavy atom. The van der Waals surface area contributed by atoms with Crippen molar-refractivity contribution in [2.45, 2.75) is 116 Å². The molecule has 0 nitrogen and oxygen atoms in total. The van der Waals surface area contributed by atoms with Crippen LogP contribution >= 0.6 is 0 Å². The van der Waals surface area contributed by atoms with Crippen molar-refractivity contribution in [1.82, 2.24) is 0 Å². The van der Waals surface area contributed by atoms with Crippen LogP contribution in [0.5, 0.6) is 0 Å². The van der Waals surface area contributed by atoms with Crippen LogP contribution in [-0.4, -0.2) is 0 Å². The van der Waals surface area contributed by atoms with Crippen molar-refractivity contribution in [2.24, 2.45) is 5.92 Å². The molecule has 0 aliphatic heterocycles. The Kier molecular flexibility index (Phi) is 59.2. The molecule has 30 heavy (non-hydrogen) atoms. The predicted molar refractivity (Wildman–Crippen MR) is 151 cm³/mol. The van der Waals surface area contributed by atoms with Crippen molar-refractivity contribution >= 4 is 0 Å². The molecule has 180 valence electrons. The maximum absolute atomic E-state index is 3.68. The first kappa shape index (κ1) is 42.5. The van der Waals surface area contributed by atoms with Gasteiger partial charge in [0.15, 0.2) is 0 Å². The minimum absolute atomic E-state index is 0.713. The van der Waals surface area contributed by atoms with Crippen molar-refractivity contribution < 1.29 is 0 Å². The van der Waals surface area contributed by atoms with Gasteiger partial charge in [-0.05, 0) is 59.0 Å². The van der Waals surface area contributed by atoms with Crippen molar-refractivity contribution in [3.63, 3.8) is 0 Å². The second-order valence-electron chi connectivity index (χ2n) is 6.57. The average Bonchev–Trinajstić information content (AvgIpc) is 2.73. The molecule has 0 aromatic heterocycles. The Morgan fingerprint density at radius 1 is 0.800 bits per heavy atom. The quantitative estimate of drug-likeness (QED) is 0.283. The highest BCUT2D eigenvalue weighted by Gasteiger charge is 1.90. The number of rotatable bonds is 7. The summed E-state index contributed by atoms with van der Waals surface area (Å²) in [5.74, 6) is 0.713. The van der Waals surface area contributed by atoms with E-state index in [2.05, 4.69) is 73.4 Å². The highest BCUT2D eigenvalue weighted by atomic mass is 14.0. The van der Waals surface area contributed by atoms with Crippen LogP contribution in [0.1, 0.15) is 116 Å². The zero-order valence-electron chi connectivity index (χ0n) is 23.7. The minimum atomic E-state index is 0.713. The normalized spacial score (nSPS) is 9.73. The molecule has 1 unspecified atom stereocenters. The topological polar surface area (TPSA) is 0 Å². The van der Waals surface area contributed by atoms with Gasteiger partial charge in [0.2, 0.25) is 0 Å². The van der Waals surface area contributed by atoms with Gasteiger partial charge in [-0.3, -0.25) is 0 Å². The van der Waals surface area contributed by atoms with E-state index in [1.54, 1.807) is 0 Å². The van der Waals surface area contributed by atoms with Gasteiger partial charge in [-0.25, -0.2) is 0 Å². The minimum Gasteiger partial charge on any atom is -0.103 e. The van der Waals surface area contributed by atoms with E-state index in [4.69, 9.17) is 0 Å². The highest BCUT2D eigenvalue weighted by molar-refractivity contribution is 5.30. The lowest BCUT2D eigenvalue weighted by molar-refractivity contribution is 0.635. The molecule has 0 heteroatoms. The van der Waals surface area contributed by atoms with Crippen LogP contribution < -0.4 is 0 Å². The van der Waals surface area contributed by atoms with E-state index in [0.29, 0.717) is 5.92 Å². The smallest absolute Gasteiger partial charge is 0.0265 e. The van der Waals surface area contributed by atoms with E-state index in [1.807, 2.05) is 73.6 Å². The third-order valence-corrected chi connectivity index (χ3v) is 3.10. The lowest BCUT2D eigenvalue weighted by Crippen LogP contribution is -1.84. The van der Waals surface area contributed by atoms with Crippen LogP contribution in [0, 0.1) is 5.92 Å². The van der Waals surface area contributed by atoms with Gasteiger partial charge in [0.1, 0.15) is 0 Å². The molecule has 0 spiro atoms. The Morgan fingerprint density at radius 2 is 1.20 bits per heavy atom. The third-order valence-electron chi connectivity index (χ3n) is 3.10. The molecule has 0 aliphatic rings. The van der Waals surface area contributed by atoms with Crippen molar-refractivity contribution in [3.05, 3.63) is 72.4 Å². The predicted octanol–water partition coefficient (Wildman–Crippen LogP) is 11.7. The van der Waals surface area contributed by atoms with E-state index in [0.717, 1.165) is 6.42 Å². The Balaban J connectivity index is -0.0000000714. The lowest BCUT2D eigenvalue weighted by Gasteiger charge is -1.99. The van der Waals surface area contributed by atoms with Crippen LogP contribution in [-0.2, 0) is 0 Å². The molecule has 0 heterocycles. The zero-order chi connectivity index (χ0) is 25.5. The van der Waals surface area contributed by atoms with Gasteiger partial charge in [0.25, 0.3) is 0 Å². The summed E-state index contributed by atoms with van der Waals surface area (Å²) in [6, 6.07) is 0. The zero-order valence-corrected chi connectivity index (χ0v) is 23.7. The monoisotopic (exact) mass is 420 g/mol. The molecule has 0 fully saturated rings. The van der Waals surface area contributed by atoms with Crippen LogP contribution in [0.15, 0.2) is 72.4 Å². The molecular weight excluding hydrogens is 360 g/mol. The van der Waals surface area contributed by atoms with Gasteiger partial charge in [-0.2, -0.15) is 0 Å². The molecule has 1 atom stereocenters. The Labute approximate surface area is 194 Å². The van der Waals surface area contributed by atoms with E-state index < -0.39 is 0 Å². The van der Waals surface area contributed by atoms with Crippen LogP contribution in [0.4, 0.5) is 0 Å². The fraction of sp³-hybridized carbons (Fsp3) is 0.600. The molecule has 0 saturated carbocycles. The molecule has 0 aliphatic carbocycles. The first-order valence-electron chi connectivity index (χ1n) is 12.0. The maximum atomic E-state index is 3.68. The molecule has 0 saturated heterocycles. The van der Waals surface area contributed by atoms with Gasteiger partial charge in [-0.15, -0.1) is 13.2 Å². The van der Waals surface area contributed by atoms with Crippen molar-refractivity contribution in [1.29, 1.82) is 0 Å². The maximum Gasteiger partial charge on any atom is -0.0265 e. The fourth-order valence-corrected chi connectivity index (χ4v) is 1.68. The fourth-order valence-electron chi connectivity index (χ4n) is 1.68. The summed E-state index contributed by atoms with van der Waals surface area (Å²) in [5, 5.41) is 0. The van der Waals surface area contributed by atoms with E-state index in [-0.39, 0.29) is 0 Å². The summed E-state index contributed by atoms with van der Waals surface area (Å²) in [6.07, 6.45) is 13.8. The van der Waals surface area contributed by atoms with Gasteiger partial charge < -0.3 is 0 Å². The third kappa shape index (κ3) is 56.3. The Hall–Kier alpha value is -1.56. The van der Waals surface area contributed by atoms with Crippen LogP contribution in [0.25, 0.3) is 0 Å². The lowest BCUT2D eigenvalue weighted by atomic mass is 10.1. The molecule has 0 bridgehead atoms.